The molecule has 9 nitrogen and oxygen atoms in total. The van der Waals surface area contributed by atoms with Gasteiger partial charge in [-0.3, -0.25) is 15.5 Å². The first-order valence-corrected chi connectivity index (χ1v) is 9.82. The molecule has 1 heterocycles. The second kappa shape index (κ2) is 9.56. The first-order valence-electron chi connectivity index (χ1n) is 9.82. The zero-order valence-electron chi connectivity index (χ0n) is 17.5. The van der Waals surface area contributed by atoms with Gasteiger partial charge >= 0.3 is 5.97 Å². The third-order valence-corrected chi connectivity index (χ3v) is 4.75. The minimum atomic E-state index is -0.529. The van der Waals surface area contributed by atoms with Crippen molar-refractivity contribution in [3.63, 3.8) is 0 Å². The van der Waals surface area contributed by atoms with E-state index in [1.165, 1.54) is 25.5 Å². The lowest BCUT2D eigenvalue weighted by Gasteiger charge is -2.11. The SMILES string of the molecule is COc1ccc(C=NNc2ccc([N+](=O)[O-])cn2)cc1OC(=O)c1cccc2ccccc12. The second-order valence-corrected chi connectivity index (χ2v) is 6.86. The summed E-state index contributed by atoms with van der Waals surface area (Å²) < 4.78 is 11.0. The third-order valence-electron chi connectivity index (χ3n) is 4.75. The van der Waals surface area contributed by atoms with Gasteiger partial charge in [-0.2, -0.15) is 5.10 Å². The predicted molar refractivity (Wildman–Crippen MR) is 124 cm³/mol. The minimum Gasteiger partial charge on any atom is -0.493 e. The Kier molecular flexibility index (Phi) is 6.21. The molecule has 4 rings (SSSR count). The lowest BCUT2D eigenvalue weighted by atomic mass is 10.0. The van der Waals surface area contributed by atoms with Crippen molar-refractivity contribution in [1.29, 1.82) is 0 Å². The summed E-state index contributed by atoms with van der Waals surface area (Å²) in [5, 5.41) is 16.5. The van der Waals surface area contributed by atoms with Crippen LogP contribution in [0.2, 0.25) is 0 Å². The molecule has 0 saturated carbocycles. The fourth-order valence-electron chi connectivity index (χ4n) is 3.14. The molecule has 0 unspecified atom stereocenters. The van der Waals surface area contributed by atoms with Crippen LogP contribution in [0.3, 0.4) is 0 Å². The zero-order valence-corrected chi connectivity index (χ0v) is 17.5. The predicted octanol–water partition coefficient (Wildman–Crippen LogP) is 4.82. The molecule has 0 atom stereocenters. The maximum absolute atomic E-state index is 12.9. The summed E-state index contributed by atoms with van der Waals surface area (Å²) in [4.78, 5) is 27.0. The molecule has 33 heavy (non-hydrogen) atoms. The first kappa shape index (κ1) is 21.4. The molecular formula is C24H18N4O5. The summed E-state index contributed by atoms with van der Waals surface area (Å²) in [5.74, 6) is 0.471. The van der Waals surface area contributed by atoms with Crippen molar-refractivity contribution in [2.45, 2.75) is 0 Å². The third kappa shape index (κ3) is 4.93. The number of nitro groups is 1. The Morgan fingerprint density at radius 1 is 1.06 bits per heavy atom. The molecule has 0 aliphatic rings. The number of methoxy groups -OCH3 is 1. The van der Waals surface area contributed by atoms with E-state index in [9.17, 15) is 14.9 Å². The van der Waals surface area contributed by atoms with E-state index < -0.39 is 10.9 Å². The minimum absolute atomic E-state index is 0.114. The Hall–Kier alpha value is -4.79. The molecule has 0 radical (unpaired) electrons. The Balaban J connectivity index is 1.52. The summed E-state index contributed by atoms with van der Waals surface area (Å²) in [6.45, 7) is 0. The number of ether oxygens (including phenoxy) is 2. The highest BCUT2D eigenvalue weighted by atomic mass is 16.6. The molecule has 9 heteroatoms. The number of fused-ring (bicyclic) bond motifs is 1. The molecule has 0 saturated heterocycles. The Morgan fingerprint density at radius 3 is 2.64 bits per heavy atom. The molecule has 1 aromatic heterocycles. The summed E-state index contributed by atoms with van der Waals surface area (Å²) >= 11 is 0. The maximum atomic E-state index is 12.9. The number of hydrogen-bond donors (Lipinski definition) is 1. The Bertz CT molecular complexity index is 1350. The number of nitrogens with zero attached hydrogens (tertiary/aromatic N) is 3. The summed E-state index contributed by atoms with van der Waals surface area (Å²) in [5.41, 5.74) is 3.65. The summed E-state index contributed by atoms with van der Waals surface area (Å²) in [7, 11) is 1.49. The maximum Gasteiger partial charge on any atom is 0.344 e. The van der Waals surface area contributed by atoms with E-state index in [0.717, 1.165) is 17.0 Å². The zero-order chi connectivity index (χ0) is 23.2. The molecule has 164 valence electrons. The van der Waals surface area contributed by atoms with Crippen molar-refractivity contribution < 1.29 is 19.2 Å². The number of anilines is 1. The van der Waals surface area contributed by atoms with E-state index in [0.29, 0.717) is 22.7 Å². The smallest absolute Gasteiger partial charge is 0.344 e. The van der Waals surface area contributed by atoms with Gasteiger partial charge in [0, 0.05) is 6.07 Å². The van der Waals surface area contributed by atoms with Gasteiger partial charge in [0.1, 0.15) is 12.0 Å². The molecule has 0 fully saturated rings. The van der Waals surface area contributed by atoms with Crippen molar-refractivity contribution in [2.75, 3.05) is 12.5 Å². The topological polar surface area (TPSA) is 116 Å². The van der Waals surface area contributed by atoms with Gasteiger partial charge in [-0.15, -0.1) is 0 Å². The van der Waals surface area contributed by atoms with Gasteiger partial charge in [0.25, 0.3) is 5.69 Å². The highest BCUT2D eigenvalue weighted by molar-refractivity contribution is 6.05. The molecule has 0 spiro atoms. The van der Waals surface area contributed by atoms with Gasteiger partial charge < -0.3 is 9.47 Å². The van der Waals surface area contributed by atoms with Crippen molar-refractivity contribution in [1.82, 2.24) is 4.98 Å². The van der Waals surface area contributed by atoms with Crippen LogP contribution >= 0.6 is 0 Å². The number of hydrogen-bond acceptors (Lipinski definition) is 8. The van der Waals surface area contributed by atoms with Gasteiger partial charge in [0.05, 0.1) is 23.8 Å². The average Bonchev–Trinajstić information content (AvgIpc) is 2.84. The van der Waals surface area contributed by atoms with Crippen LogP contribution in [-0.2, 0) is 0 Å². The Morgan fingerprint density at radius 2 is 1.88 bits per heavy atom. The number of carbonyl (C=O) groups is 1. The lowest BCUT2D eigenvalue weighted by molar-refractivity contribution is -0.385. The van der Waals surface area contributed by atoms with E-state index in [1.54, 1.807) is 30.3 Å². The van der Waals surface area contributed by atoms with Crippen LogP contribution in [0, 0.1) is 10.1 Å². The van der Waals surface area contributed by atoms with Crippen LogP contribution in [0.4, 0.5) is 11.5 Å². The molecule has 0 amide bonds. The molecule has 0 aliphatic carbocycles. The first-order chi connectivity index (χ1) is 16.0. The fourth-order valence-corrected chi connectivity index (χ4v) is 3.14. The Labute approximate surface area is 188 Å². The second-order valence-electron chi connectivity index (χ2n) is 6.86. The average molecular weight is 442 g/mol. The molecular weight excluding hydrogens is 424 g/mol. The number of nitrogens with one attached hydrogen (secondary N) is 1. The molecule has 4 aromatic rings. The van der Waals surface area contributed by atoms with Crippen LogP contribution in [0.15, 0.2) is 84.1 Å². The van der Waals surface area contributed by atoms with E-state index in [4.69, 9.17) is 9.47 Å². The number of esters is 1. The van der Waals surface area contributed by atoms with Gasteiger partial charge in [0.15, 0.2) is 11.5 Å². The summed E-state index contributed by atoms with van der Waals surface area (Å²) in [6.07, 6.45) is 2.63. The number of pyridine rings is 1. The molecule has 0 aliphatic heterocycles. The van der Waals surface area contributed by atoms with Gasteiger partial charge in [-0.25, -0.2) is 9.78 Å². The van der Waals surface area contributed by atoms with Crippen molar-refractivity contribution in [3.8, 4) is 11.5 Å². The fraction of sp³-hybridized carbons (Fsp3) is 0.0417. The van der Waals surface area contributed by atoms with Crippen molar-refractivity contribution >= 4 is 34.5 Å². The number of aromatic nitrogens is 1. The number of benzene rings is 3. The lowest BCUT2D eigenvalue weighted by Crippen LogP contribution is -2.10. The van der Waals surface area contributed by atoms with Gasteiger partial charge in [-0.1, -0.05) is 36.4 Å². The highest BCUT2D eigenvalue weighted by Crippen LogP contribution is 2.29. The van der Waals surface area contributed by atoms with Gasteiger partial charge in [-0.05, 0) is 46.7 Å². The van der Waals surface area contributed by atoms with Crippen LogP contribution < -0.4 is 14.9 Å². The van der Waals surface area contributed by atoms with Crippen LogP contribution in [-0.4, -0.2) is 29.2 Å². The van der Waals surface area contributed by atoms with Gasteiger partial charge in [0.2, 0.25) is 0 Å². The largest absolute Gasteiger partial charge is 0.493 e. The monoisotopic (exact) mass is 442 g/mol. The van der Waals surface area contributed by atoms with Crippen LogP contribution in [0.25, 0.3) is 10.8 Å². The summed E-state index contributed by atoms with van der Waals surface area (Å²) in [6, 6.07) is 20.8. The van der Waals surface area contributed by atoms with Crippen LogP contribution in [0.1, 0.15) is 15.9 Å². The van der Waals surface area contributed by atoms with Crippen molar-refractivity contribution in [2.24, 2.45) is 5.10 Å². The standard InChI is InChI=1S/C24H18N4O5/c1-32-21-11-9-16(14-26-27-23-12-10-18(15-25-23)28(30)31)13-22(21)33-24(29)20-8-4-6-17-5-2-3-7-19(17)20/h2-15H,1H3,(H,25,27). The van der Waals surface area contributed by atoms with E-state index >= 15 is 0 Å². The van der Waals surface area contributed by atoms with Crippen LogP contribution in [0.5, 0.6) is 11.5 Å². The molecule has 1 N–H and O–H groups in total. The number of carbonyl (C=O) groups excluding carboxylic acids is 1. The normalized spacial score (nSPS) is 10.8. The number of rotatable bonds is 7. The van der Waals surface area contributed by atoms with Crippen molar-refractivity contribution in [3.05, 3.63) is 100 Å². The molecule has 0 bridgehead atoms. The molecule has 3 aromatic carbocycles. The van der Waals surface area contributed by atoms with E-state index in [1.807, 2.05) is 30.3 Å². The quantitative estimate of drug-likeness (QED) is 0.143. The highest BCUT2D eigenvalue weighted by Gasteiger charge is 2.15. The van der Waals surface area contributed by atoms with E-state index in [2.05, 4.69) is 15.5 Å². The number of hydrazone groups is 1. The van der Waals surface area contributed by atoms with E-state index in [-0.39, 0.29) is 11.4 Å².